The maximum Gasteiger partial charge on any atom is 1.00 e. The third-order valence-electron chi connectivity index (χ3n) is 3.40. The van der Waals surface area contributed by atoms with Crippen LogP contribution in [-0.4, -0.2) is 8.07 Å². The SMILES string of the molecule is [C-]#C/C=C\C#C[Si](C(C)C)(C(C)C)C(C)C.[Cu+]. The van der Waals surface area contributed by atoms with Gasteiger partial charge in [-0.3, -0.25) is 5.92 Å². The van der Waals surface area contributed by atoms with Crippen LogP contribution in [0.3, 0.4) is 0 Å². The van der Waals surface area contributed by atoms with Gasteiger partial charge >= 0.3 is 17.1 Å². The summed E-state index contributed by atoms with van der Waals surface area (Å²) in [5, 5.41) is 0. The van der Waals surface area contributed by atoms with Gasteiger partial charge in [-0.15, -0.1) is 11.5 Å². The average Bonchev–Trinajstić information content (AvgIpc) is 2.16. The van der Waals surface area contributed by atoms with Crippen LogP contribution in [0.25, 0.3) is 0 Å². The minimum absolute atomic E-state index is 0. The van der Waals surface area contributed by atoms with Gasteiger partial charge in [-0.2, -0.15) is 6.08 Å². The van der Waals surface area contributed by atoms with E-state index in [9.17, 15) is 0 Å². The first-order valence-corrected chi connectivity index (χ1v) is 8.22. The monoisotopic (exact) mass is 294 g/mol. The van der Waals surface area contributed by atoms with Gasteiger partial charge in [0.15, 0.2) is 0 Å². The van der Waals surface area contributed by atoms with Crippen molar-refractivity contribution in [1.29, 1.82) is 0 Å². The van der Waals surface area contributed by atoms with Gasteiger partial charge < -0.3 is 6.42 Å². The summed E-state index contributed by atoms with van der Waals surface area (Å²) in [7, 11) is -1.58. The van der Waals surface area contributed by atoms with Crippen molar-refractivity contribution in [3.8, 4) is 17.4 Å². The summed E-state index contributed by atoms with van der Waals surface area (Å²) in [6.07, 6.45) is 10.1. The van der Waals surface area contributed by atoms with Crippen LogP contribution in [0.2, 0.25) is 16.6 Å². The first-order chi connectivity index (χ1) is 7.39. The van der Waals surface area contributed by atoms with Crippen LogP contribution in [0.5, 0.6) is 0 Å². The Kier molecular flexibility index (Phi) is 9.64. The van der Waals surface area contributed by atoms with Crippen LogP contribution < -0.4 is 0 Å². The van der Waals surface area contributed by atoms with Crippen molar-refractivity contribution in [3.05, 3.63) is 18.6 Å². The van der Waals surface area contributed by atoms with Gasteiger partial charge in [0.2, 0.25) is 0 Å². The van der Waals surface area contributed by atoms with Gasteiger partial charge in [-0.05, 0) is 16.6 Å². The predicted octanol–water partition coefficient (Wildman–Crippen LogP) is 4.35. The minimum Gasteiger partial charge on any atom is -0.366 e. The van der Waals surface area contributed by atoms with Gasteiger partial charge in [0.1, 0.15) is 8.07 Å². The van der Waals surface area contributed by atoms with Crippen molar-refractivity contribution in [2.45, 2.75) is 58.2 Å². The topological polar surface area (TPSA) is 0 Å². The summed E-state index contributed by atoms with van der Waals surface area (Å²) in [5.74, 6) is 5.34. The quantitative estimate of drug-likeness (QED) is 0.412. The molecule has 0 unspecified atom stereocenters. The Morgan fingerprint density at radius 3 is 1.59 bits per heavy atom. The molecule has 0 aromatic heterocycles. The molecule has 0 saturated heterocycles. The normalized spacial score (nSPS) is 11.3. The molecule has 0 fully saturated rings. The summed E-state index contributed by atoms with van der Waals surface area (Å²) in [5.41, 5.74) is 5.54. The van der Waals surface area contributed by atoms with Crippen LogP contribution in [0.4, 0.5) is 0 Å². The molecular formula is C15H23CuSi. The molecule has 0 radical (unpaired) electrons. The second kappa shape index (κ2) is 8.65. The number of rotatable bonds is 3. The van der Waals surface area contributed by atoms with E-state index in [1.165, 1.54) is 0 Å². The fraction of sp³-hybridized carbons (Fsp3) is 0.600. The van der Waals surface area contributed by atoms with E-state index in [-0.39, 0.29) is 17.1 Å². The van der Waals surface area contributed by atoms with Crippen molar-refractivity contribution in [1.82, 2.24) is 0 Å². The van der Waals surface area contributed by atoms with E-state index in [1.54, 1.807) is 12.2 Å². The predicted molar refractivity (Wildman–Crippen MR) is 75.1 cm³/mol. The second-order valence-corrected chi connectivity index (χ2v) is 10.7. The van der Waals surface area contributed by atoms with E-state index in [4.69, 9.17) is 6.42 Å². The first-order valence-electron chi connectivity index (χ1n) is 5.99. The molecule has 0 aliphatic rings. The number of hydrogen-bond acceptors (Lipinski definition) is 0. The van der Waals surface area contributed by atoms with Crippen molar-refractivity contribution in [3.63, 3.8) is 0 Å². The molecule has 0 rings (SSSR count). The van der Waals surface area contributed by atoms with Crippen LogP contribution in [0.15, 0.2) is 12.2 Å². The molecule has 2 heteroatoms. The summed E-state index contributed by atoms with van der Waals surface area (Å²) in [6, 6.07) is 0. The maximum atomic E-state index is 6.80. The summed E-state index contributed by atoms with van der Waals surface area (Å²) >= 11 is 0. The molecule has 0 aromatic carbocycles. The van der Waals surface area contributed by atoms with E-state index in [0.29, 0.717) is 16.6 Å². The third-order valence-corrected chi connectivity index (χ3v) is 9.71. The second-order valence-electron chi connectivity index (χ2n) is 5.14. The van der Waals surface area contributed by atoms with E-state index < -0.39 is 8.07 Å². The van der Waals surface area contributed by atoms with Gasteiger partial charge in [0, 0.05) is 0 Å². The molecule has 0 heterocycles. The van der Waals surface area contributed by atoms with E-state index >= 15 is 0 Å². The molecule has 17 heavy (non-hydrogen) atoms. The van der Waals surface area contributed by atoms with Gasteiger partial charge in [-0.1, -0.05) is 47.6 Å². The molecule has 98 valence electrons. The summed E-state index contributed by atoms with van der Waals surface area (Å²) < 4.78 is 0. The van der Waals surface area contributed by atoms with Crippen molar-refractivity contribution in [2.75, 3.05) is 0 Å². The molecule has 0 spiro atoms. The zero-order valence-electron chi connectivity index (χ0n) is 11.7. The van der Waals surface area contributed by atoms with E-state index in [0.717, 1.165) is 0 Å². The maximum absolute atomic E-state index is 6.80. The zero-order valence-corrected chi connectivity index (χ0v) is 13.6. The molecule has 0 bridgehead atoms. The Bertz CT molecular complexity index is 312. The Labute approximate surface area is 119 Å². The van der Waals surface area contributed by atoms with Gasteiger partial charge in [-0.25, -0.2) is 0 Å². The standard InChI is InChI=1S/C15H23Si.Cu/c1-8-9-10-11-12-16(13(2)3,14(4)5)15(6)7;/h9-10,13-15H,2-7H3;/q-1;+1/b10-9-;. The Balaban J connectivity index is 0. The molecule has 0 atom stereocenters. The smallest absolute Gasteiger partial charge is 0.366 e. The largest absolute Gasteiger partial charge is 1.00 e. The average molecular weight is 295 g/mol. The molecule has 0 N–H and O–H groups in total. The molecule has 0 amide bonds. The van der Waals surface area contributed by atoms with Crippen LogP contribution in [0.1, 0.15) is 41.5 Å². The molecular weight excluding hydrogens is 272 g/mol. The third kappa shape index (κ3) is 4.77. The Morgan fingerprint density at radius 1 is 0.882 bits per heavy atom. The number of allylic oxidation sites excluding steroid dienone is 2. The molecule has 0 aliphatic heterocycles. The number of hydrogen-bond donors (Lipinski definition) is 0. The minimum atomic E-state index is -1.58. The summed E-state index contributed by atoms with van der Waals surface area (Å²) in [6.45, 7) is 13.8. The zero-order chi connectivity index (χ0) is 12.8. The molecule has 0 aliphatic carbocycles. The van der Waals surface area contributed by atoms with Crippen molar-refractivity contribution >= 4 is 8.07 Å². The van der Waals surface area contributed by atoms with Crippen LogP contribution in [0, 0.1) is 23.8 Å². The fourth-order valence-electron chi connectivity index (χ4n) is 2.68. The van der Waals surface area contributed by atoms with E-state index in [1.807, 2.05) is 0 Å². The van der Waals surface area contributed by atoms with Gasteiger partial charge in [0.25, 0.3) is 0 Å². The van der Waals surface area contributed by atoms with Crippen molar-refractivity contribution < 1.29 is 17.1 Å². The molecule has 0 aromatic rings. The first kappa shape index (κ1) is 18.9. The van der Waals surface area contributed by atoms with Crippen LogP contribution >= 0.6 is 0 Å². The Hall–Kier alpha value is -0.404. The van der Waals surface area contributed by atoms with E-state index in [2.05, 4.69) is 58.9 Å². The van der Waals surface area contributed by atoms with Crippen molar-refractivity contribution in [2.24, 2.45) is 0 Å². The Morgan fingerprint density at radius 2 is 1.29 bits per heavy atom. The summed E-state index contributed by atoms with van der Waals surface area (Å²) in [4.78, 5) is 0. The fourth-order valence-corrected chi connectivity index (χ4v) is 7.88. The molecule has 0 nitrogen and oxygen atoms in total. The van der Waals surface area contributed by atoms with Crippen LogP contribution in [-0.2, 0) is 17.1 Å². The molecule has 0 saturated carbocycles. The van der Waals surface area contributed by atoms with Gasteiger partial charge in [0.05, 0.1) is 0 Å².